The van der Waals surface area contributed by atoms with E-state index in [2.05, 4.69) is 5.32 Å². The van der Waals surface area contributed by atoms with Crippen LogP contribution in [0.25, 0.3) is 0 Å². The van der Waals surface area contributed by atoms with Crippen molar-refractivity contribution in [1.29, 1.82) is 0 Å². The van der Waals surface area contributed by atoms with Crippen LogP contribution >= 0.6 is 0 Å². The summed E-state index contributed by atoms with van der Waals surface area (Å²) in [6.07, 6.45) is 13.7. The van der Waals surface area contributed by atoms with Crippen molar-refractivity contribution in [2.75, 3.05) is 26.8 Å². The van der Waals surface area contributed by atoms with Crippen LogP contribution in [0.1, 0.15) is 57.8 Å². The Kier molecular flexibility index (Phi) is 5.39. The second-order valence-electron chi connectivity index (χ2n) is 7.67. The Balaban J connectivity index is 1.48. The normalized spacial score (nSPS) is 35.0. The lowest BCUT2D eigenvalue weighted by Crippen LogP contribution is -2.32. The molecule has 2 bridgehead atoms. The Morgan fingerprint density at radius 1 is 1.10 bits per heavy atom. The van der Waals surface area contributed by atoms with E-state index in [1.54, 1.807) is 32.8 Å². The molecule has 4 unspecified atom stereocenters. The van der Waals surface area contributed by atoms with Crippen LogP contribution < -0.4 is 5.32 Å². The number of methoxy groups -OCH3 is 1. The Hall–Kier alpha value is -0.0800. The highest BCUT2D eigenvalue weighted by Gasteiger charge is 2.41. The van der Waals surface area contributed by atoms with E-state index in [1.165, 1.54) is 38.6 Å². The molecular weight excluding hydrogens is 246 g/mol. The van der Waals surface area contributed by atoms with Gasteiger partial charge in [0.2, 0.25) is 0 Å². The molecule has 116 valence electrons. The van der Waals surface area contributed by atoms with Crippen molar-refractivity contribution in [3.63, 3.8) is 0 Å². The molecule has 3 fully saturated rings. The Morgan fingerprint density at radius 3 is 2.60 bits per heavy atom. The fourth-order valence-corrected chi connectivity index (χ4v) is 5.39. The lowest BCUT2D eigenvalue weighted by Gasteiger charge is -2.30. The number of hydrogen-bond donors (Lipinski definition) is 1. The number of hydrogen-bond acceptors (Lipinski definition) is 2. The monoisotopic (exact) mass is 279 g/mol. The zero-order valence-electron chi connectivity index (χ0n) is 13.3. The largest absolute Gasteiger partial charge is 0.383 e. The first kappa shape index (κ1) is 14.8. The van der Waals surface area contributed by atoms with E-state index in [9.17, 15) is 0 Å². The molecule has 20 heavy (non-hydrogen) atoms. The minimum Gasteiger partial charge on any atom is -0.383 e. The summed E-state index contributed by atoms with van der Waals surface area (Å²) in [6.45, 7) is 3.11. The van der Waals surface area contributed by atoms with Crippen LogP contribution in [0, 0.1) is 29.6 Å². The lowest BCUT2D eigenvalue weighted by molar-refractivity contribution is 0.184. The van der Waals surface area contributed by atoms with Crippen molar-refractivity contribution in [1.82, 2.24) is 5.32 Å². The third kappa shape index (κ3) is 3.57. The fraction of sp³-hybridized carbons (Fsp3) is 1.00. The van der Waals surface area contributed by atoms with Gasteiger partial charge in [-0.2, -0.15) is 0 Å². The van der Waals surface area contributed by atoms with Gasteiger partial charge in [-0.25, -0.2) is 0 Å². The SMILES string of the molecule is COCCNCC(CC1CC2CCC1C2)C1CCCC1. The highest BCUT2D eigenvalue weighted by Crippen LogP contribution is 2.51. The van der Waals surface area contributed by atoms with Gasteiger partial charge < -0.3 is 10.1 Å². The maximum atomic E-state index is 5.16. The number of fused-ring (bicyclic) bond motifs is 2. The number of ether oxygens (including phenoxy) is 1. The molecule has 3 aliphatic carbocycles. The van der Waals surface area contributed by atoms with E-state index in [-0.39, 0.29) is 0 Å². The van der Waals surface area contributed by atoms with E-state index in [4.69, 9.17) is 4.74 Å². The van der Waals surface area contributed by atoms with Crippen LogP contribution in [0.4, 0.5) is 0 Å². The van der Waals surface area contributed by atoms with Gasteiger partial charge in [-0.05, 0) is 61.8 Å². The average molecular weight is 279 g/mol. The summed E-state index contributed by atoms with van der Waals surface area (Å²) in [7, 11) is 1.80. The molecule has 0 saturated heterocycles. The van der Waals surface area contributed by atoms with Crippen molar-refractivity contribution < 1.29 is 4.74 Å². The van der Waals surface area contributed by atoms with Gasteiger partial charge in [0.15, 0.2) is 0 Å². The highest BCUT2D eigenvalue weighted by molar-refractivity contribution is 4.92. The second kappa shape index (κ2) is 7.26. The molecule has 0 amide bonds. The molecule has 0 aromatic heterocycles. The van der Waals surface area contributed by atoms with Gasteiger partial charge in [-0.3, -0.25) is 0 Å². The van der Waals surface area contributed by atoms with E-state index >= 15 is 0 Å². The highest BCUT2D eigenvalue weighted by atomic mass is 16.5. The molecule has 0 heterocycles. The topological polar surface area (TPSA) is 21.3 Å². The summed E-state index contributed by atoms with van der Waals surface area (Å²) in [6, 6.07) is 0. The smallest absolute Gasteiger partial charge is 0.0587 e. The van der Waals surface area contributed by atoms with Crippen LogP contribution in [-0.4, -0.2) is 26.8 Å². The first-order valence-electron chi connectivity index (χ1n) is 9.06. The molecule has 3 aliphatic rings. The van der Waals surface area contributed by atoms with Gasteiger partial charge in [0.25, 0.3) is 0 Å². The van der Waals surface area contributed by atoms with Crippen LogP contribution in [0.3, 0.4) is 0 Å². The first-order valence-corrected chi connectivity index (χ1v) is 9.06. The third-order valence-corrected chi connectivity index (χ3v) is 6.45. The van der Waals surface area contributed by atoms with Crippen molar-refractivity contribution in [3.8, 4) is 0 Å². The molecule has 4 atom stereocenters. The molecule has 3 saturated carbocycles. The molecule has 3 rings (SSSR count). The molecule has 0 spiro atoms. The van der Waals surface area contributed by atoms with Gasteiger partial charge in [-0.15, -0.1) is 0 Å². The predicted octanol–water partition coefficient (Wildman–Crippen LogP) is 3.86. The summed E-state index contributed by atoms with van der Waals surface area (Å²) in [5.41, 5.74) is 0. The van der Waals surface area contributed by atoms with Gasteiger partial charge in [0, 0.05) is 13.7 Å². The second-order valence-corrected chi connectivity index (χ2v) is 7.67. The molecule has 0 aromatic carbocycles. The van der Waals surface area contributed by atoms with Gasteiger partial charge in [0.05, 0.1) is 6.61 Å². The average Bonchev–Trinajstić information content (AvgIpc) is 3.18. The van der Waals surface area contributed by atoms with E-state index in [0.717, 1.165) is 42.7 Å². The van der Waals surface area contributed by atoms with Crippen LogP contribution in [0.5, 0.6) is 0 Å². The molecule has 0 radical (unpaired) electrons. The number of nitrogens with one attached hydrogen (secondary N) is 1. The molecule has 0 aromatic rings. The summed E-state index contributed by atoms with van der Waals surface area (Å²) >= 11 is 0. The molecular formula is C18H33NO. The maximum Gasteiger partial charge on any atom is 0.0587 e. The maximum absolute atomic E-state index is 5.16. The van der Waals surface area contributed by atoms with Gasteiger partial charge in [0.1, 0.15) is 0 Å². The standard InChI is InChI=1S/C18H33NO/c1-20-9-8-19-13-18(15-4-2-3-5-15)12-17-11-14-6-7-16(17)10-14/h14-19H,2-13H2,1H3. The fourth-order valence-electron chi connectivity index (χ4n) is 5.39. The van der Waals surface area contributed by atoms with Crippen molar-refractivity contribution >= 4 is 0 Å². The zero-order valence-corrected chi connectivity index (χ0v) is 13.3. The van der Waals surface area contributed by atoms with Crippen LogP contribution in [0.15, 0.2) is 0 Å². The van der Waals surface area contributed by atoms with E-state index in [1.807, 2.05) is 0 Å². The van der Waals surface area contributed by atoms with E-state index in [0.29, 0.717) is 0 Å². The Morgan fingerprint density at radius 2 is 1.95 bits per heavy atom. The van der Waals surface area contributed by atoms with Crippen molar-refractivity contribution in [2.45, 2.75) is 57.8 Å². The van der Waals surface area contributed by atoms with Crippen LogP contribution in [0.2, 0.25) is 0 Å². The predicted molar refractivity (Wildman–Crippen MR) is 83.7 cm³/mol. The molecule has 2 nitrogen and oxygen atoms in total. The van der Waals surface area contributed by atoms with Gasteiger partial charge in [-0.1, -0.05) is 32.1 Å². The quantitative estimate of drug-likeness (QED) is 0.681. The van der Waals surface area contributed by atoms with E-state index < -0.39 is 0 Å². The lowest BCUT2D eigenvalue weighted by atomic mass is 9.77. The Bertz CT molecular complexity index is 287. The molecule has 0 aliphatic heterocycles. The first-order chi connectivity index (χ1) is 9.86. The van der Waals surface area contributed by atoms with Crippen molar-refractivity contribution in [2.24, 2.45) is 29.6 Å². The zero-order chi connectivity index (χ0) is 13.8. The molecule has 1 N–H and O–H groups in total. The summed E-state index contributed by atoms with van der Waals surface area (Å²) in [5, 5.41) is 3.66. The summed E-state index contributed by atoms with van der Waals surface area (Å²) in [5.74, 6) is 5.24. The minimum atomic E-state index is 0.853. The van der Waals surface area contributed by atoms with Crippen molar-refractivity contribution in [3.05, 3.63) is 0 Å². The number of rotatable bonds is 8. The summed E-state index contributed by atoms with van der Waals surface area (Å²) in [4.78, 5) is 0. The Labute approximate surface area is 125 Å². The van der Waals surface area contributed by atoms with Gasteiger partial charge >= 0.3 is 0 Å². The summed E-state index contributed by atoms with van der Waals surface area (Å²) < 4.78 is 5.16. The van der Waals surface area contributed by atoms with Crippen LogP contribution in [-0.2, 0) is 4.74 Å². The third-order valence-electron chi connectivity index (χ3n) is 6.45. The minimum absolute atomic E-state index is 0.853. The molecule has 2 heteroatoms.